The van der Waals surface area contributed by atoms with Crippen molar-refractivity contribution in [2.75, 3.05) is 19.6 Å². The lowest BCUT2D eigenvalue weighted by Gasteiger charge is -2.31. The van der Waals surface area contributed by atoms with Gasteiger partial charge in [0.25, 0.3) is 0 Å². The van der Waals surface area contributed by atoms with E-state index in [2.05, 4.69) is 41.4 Å². The summed E-state index contributed by atoms with van der Waals surface area (Å²) in [6.45, 7) is 5.41. The summed E-state index contributed by atoms with van der Waals surface area (Å²) in [4.78, 5) is 14.9. The zero-order valence-electron chi connectivity index (χ0n) is 13.6. The Balaban J connectivity index is 1.61. The molecule has 22 heavy (non-hydrogen) atoms. The highest BCUT2D eigenvalue weighted by Gasteiger charge is 2.31. The van der Waals surface area contributed by atoms with Crippen molar-refractivity contribution < 1.29 is 4.79 Å². The van der Waals surface area contributed by atoms with Crippen molar-refractivity contribution in [1.82, 2.24) is 10.2 Å². The summed E-state index contributed by atoms with van der Waals surface area (Å²) in [5, 5.41) is 3.41. The minimum atomic E-state index is 0.300. The maximum Gasteiger partial charge on any atom is 0.223 e. The van der Waals surface area contributed by atoms with Crippen molar-refractivity contribution in [2.45, 2.75) is 45.1 Å². The molecule has 1 aromatic rings. The van der Waals surface area contributed by atoms with Crippen molar-refractivity contribution in [3.05, 3.63) is 35.9 Å². The summed E-state index contributed by atoms with van der Waals surface area (Å²) >= 11 is 0. The van der Waals surface area contributed by atoms with Gasteiger partial charge >= 0.3 is 0 Å². The second kappa shape index (κ2) is 7.28. The molecule has 0 saturated carbocycles. The number of nitrogens with zero attached hydrogens (tertiary/aromatic N) is 1. The van der Waals surface area contributed by atoms with Crippen LogP contribution in [0, 0.1) is 11.8 Å². The van der Waals surface area contributed by atoms with E-state index in [0.717, 1.165) is 32.5 Å². The molecule has 3 nitrogen and oxygen atoms in total. The molecule has 2 aliphatic heterocycles. The summed E-state index contributed by atoms with van der Waals surface area (Å²) in [5.41, 5.74) is 1.29. The monoisotopic (exact) mass is 300 g/mol. The molecule has 3 heteroatoms. The van der Waals surface area contributed by atoms with E-state index >= 15 is 0 Å². The highest BCUT2D eigenvalue weighted by Crippen LogP contribution is 2.34. The van der Waals surface area contributed by atoms with Crippen LogP contribution in [0.5, 0.6) is 0 Å². The maximum atomic E-state index is 12.8. The van der Waals surface area contributed by atoms with Crippen molar-refractivity contribution in [3.63, 3.8) is 0 Å². The molecular formula is C19H28N2O. The third-order valence-corrected chi connectivity index (χ3v) is 5.44. The van der Waals surface area contributed by atoms with Gasteiger partial charge in [-0.15, -0.1) is 0 Å². The number of hydrogen-bond donors (Lipinski definition) is 1. The fourth-order valence-electron chi connectivity index (χ4n) is 4.06. The molecular weight excluding hydrogens is 272 g/mol. The Morgan fingerprint density at radius 1 is 1.23 bits per heavy atom. The molecule has 120 valence electrons. The number of nitrogens with one attached hydrogen (secondary N) is 1. The van der Waals surface area contributed by atoms with Crippen LogP contribution in [-0.2, 0) is 4.79 Å². The summed E-state index contributed by atoms with van der Waals surface area (Å²) < 4.78 is 0. The molecule has 0 aromatic heterocycles. The largest absolute Gasteiger partial charge is 0.336 e. The van der Waals surface area contributed by atoms with E-state index in [0.29, 0.717) is 30.2 Å². The van der Waals surface area contributed by atoms with Gasteiger partial charge in [-0.1, -0.05) is 37.3 Å². The van der Waals surface area contributed by atoms with Crippen LogP contribution in [0.15, 0.2) is 30.3 Å². The predicted octanol–water partition coefficient (Wildman–Crippen LogP) is 3.38. The van der Waals surface area contributed by atoms with Gasteiger partial charge in [0.15, 0.2) is 0 Å². The molecule has 2 aliphatic rings. The number of amides is 1. The van der Waals surface area contributed by atoms with Gasteiger partial charge in [-0.2, -0.15) is 0 Å². The lowest BCUT2D eigenvalue weighted by Crippen LogP contribution is -2.35. The molecule has 0 bridgehead atoms. The van der Waals surface area contributed by atoms with E-state index in [1.54, 1.807) is 0 Å². The van der Waals surface area contributed by atoms with Crippen LogP contribution in [0.1, 0.15) is 50.6 Å². The van der Waals surface area contributed by atoms with Gasteiger partial charge < -0.3 is 10.2 Å². The van der Waals surface area contributed by atoms with E-state index in [1.807, 2.05) is 6.07 Å². The smallest absolute Gasteiger partial charge is 0.223 e. The molecule has 1 aromatic carbocycles. The molecule has 2 saturated heterocycles. The molecule has 2 heterocycles. The summed E-state index contributed by atoms with van der Waals surface area (Å²) in [7, 11) is 0. The standard InChI is InChI=1S/C19H28N2O/c1-15(16-9-11-20-12-10-16)14-19(22)21-13-5-8-18(21)17-6-3-2-4-7-17/h2-4,6-7,15-16,18,20H,5,8-14H2,1H3. The second-order valence-corrected chi connectivity index (χ2v) is 6.92. The quantitative estimate of drug-likeness (QED) is 0.924. The zero-order valence-corrected chi connectivity index (χ0v) is 13.6. The summed E-state index contributed by atoms with van der Waals surface area (Å²) in [6, 6.07) is 10.8. The first kappa shape index (κ1) is 15.5. The second-order valence-electron chi connectivity index (χ2n) is 6.92. The molecule has 0 spiro atoms. The third-order valence-electron chi connectivity index (χ3n) is 5.44. The molecule has 1 amide bonds. The average Bonchev–Trinajstić information content (AvgIpc) is 3.06. The first-order chi connectivity index (χ1) is 10.8. The van der Waals surface area contributed by atoms with Crippen LogP contribution in [-0.4, -0.2) is 30.4 Å². The van der Waals surface area contributed by atoms with Crippen molar-refractivity contribution >= 4 is 5.91 Å². The van der Waals surface area contributed by atoms with Crippen LogP contribution >= 0.6 is 0 Å². The van der Waals surface area contributed by atoms with Gasteiger partial charge in [0.1, 0.15) is 0 Å². The first-order valence-corrected chi connectivity index (χ1v) is 8.81. The highest BCUT2D eigenvalue weighted by molar-refractivity contribution is 5.77. The Labute approximate surface area is 134 Å². The van der Waals surface area contributed by atoms with Gasteiger partial charge in [0.05, 0.1) is 6.04 Å². The van der Waals surface area contributed by atoms with Crippen molar-refractivity contribution in [3.8, 4) is 0 Å². The van der Waals surface area contributed by atoms with Crippen LogP contribution in [0.3, 0.4) is 0 Å². The molecule has 0 radical (unpaired) electrons. The Morgan fingerprint density at radius 2 is 1.95 bits per heavy atom. The van der Waals surface area contributed by atoms with Crippen molar-refractivity contribution in [1.29, 1.82) is 0 Å². The lowest BCUT2D eigenvalue weighted by atomic mass is 9.84. The number of rotatable bonds is 4. The van der Waals surface area contributed by atoms with E-state index in [-0.39, 0.29) is 0 Å². The number of hydrogen-bond acceptors (Lipinski definition) is 2. The van der Waals surface area contributed by atoms with Crippen LogP contribution in [0.25, 0.3) is 0 Å². The van der Waals surface area contributed by atoms with Gasteiger partial charge in [-0.05, 0) is 56.2 Å². The Hall–Kier alpha value is -1.35. The predicted molar refractivity (Wildman–Crippen MR) is 89.5 cm³/mol. The van der Waals surface area contributed by atoms with E-state index in [1.165, 1.54) is 18.4 Å². The number of benzene rings is 1. The van der Waals surface area contributed by atoms with Crippen LogP contribution < -0.4 is 5.32 Å². The van der Waals surface area contributed by atoms with Gasteiger partial charge in [-0.25, -0.2) is 0 Å². The minimum absolute atomic E-state index is 0.300. The lowest BCUT2D eigenvalue weighted by molar-refractivity contribution is -0.133. The van der Waals surface area contributed by atoms with Crippen LogP contribution in [0.2, 0.25) is 0 Å². The maximum absolute atomic E-state index is 12.8. The number of carbonyl (C=O) groups is 1. The number of carbonyl (C=O) groups excluding carboxylic acids is 1. The fraction of sp³-hybridized carbons (Fsp3) is 0.632. The number of piperidine rings is 1. The summed E-state index contributed by atoms with van der Waals surface area (Å²) in [5.74, 6) is 1.58. The van der Waals surface area contributed by atoms with E-state index < -0.39 is 0 Å². The Bertz CT molecular complexity index is 481. The molecule has 3 rings (SSSR count). The van der Waals surface area contributed by atoms with E-state index in [9.17, 15) is 4.79 Å². The highest BCUT2D eigenvalue weighted by atomic mass is 16.2. The van der Waals surface area contributed by atoms with Crippen LogP contribution in [0.4, 0.5) is 0 Å². The minimum Gasteiger partial charge on any atom is -0.336 e. The first-order valence-electron chi connectivity index (χ1n) is 8.81. The zero-order chi connectivity index (χ0) is 15.4. The van der Waals surface area contributed by atoms with Gasteiger partial charge in [0.2, 0.25) is 5.91 Å². The van der Waals surface area contributed by atoms with Gasteiger partial charge in [-0.3, -0.25) is 4.79 Å². The average molecular weight is 300 g/mol. The van der Waals surface area contributed by atoms with E-state index in [4.69, 9.17) is 0 Å². The SMILES string of the molecule is CC(CC(=O)N1CCCC1c1ccccc1)C1CCNCC1. The molecule has 2 unspecified atom stereocenters. The molecule has 2 fully saturated rings. The molecule has 0 aliphatic carbocycles. The molecule has 2 atom stereocenters. The number of likely N-dealkylation sites (tertiary alicyclic amines) is 1. The molecule has 1 N–H and O–H groups in total. The Kier molecular flexibility index (Phi) is 5.14. The third kappa shape index (κ3) is 3.52. The normalized spacial score (nSPS) is 24.4. The van der Waals surface area contributed by atoms with Gasteiger partial charge in [0, 0.05) is 13.0 Å². The topological polar surface area (TPSA) is 32.3 Å². The van der Waals surface area contributed by atoms with Crippen molar-refractivity contribution in [2.24, 2.45) is 11.8 Å². The Morgan fingerprint density at radius 3 is 2.68 bits per heavy atom. The summed E-state index contributed by atoms with van der Waals surface area (Å²) in [6.07, 6.45) is 5.39. The fourth-order valence-corrected chi connectivity index (χ4v) is 4.06.